The van der Waals surface area contributed by atoms with Gasteiger partial charge in [-0.05, 0) is 37.6 Å². The molecular weight excluding hydrogens is 208 g/mol. The van der Waals surface area contributed by atoms with Crippen molar-refractivity contribution in [3.8, 4) is 0 Å². The van der Waals surface area contributed by atoms with E-state index >= 15 is 0 Å². The molecular formula is C12H19ClN2. The number of halogens is 1. The number of benzene rings is 1. The van der Waals surface area contributed by atoms with Crippen LogP contribution < -0.4 is 10.6 Å². The summed E-state index contributed by atoms with van der Waals surface area (Å²) in [6.45, 7) is 4.73. The van der Waals surface area contributed by atoms with Crippen molar-refractivity contribution >= 4 is 17.3 Å². The minimum Gasteiger partial charge on any atom is -0.371 e. The first-order valence-electron chi connectivity index (χ1n) is 5.41. The number of nitrogens with zero attached hydrogens (tertiary/aromatic N) is 1. The Hall–Kier alpha value is -0.730. The van der Waals surface area contributed by atoms with Gasteiger partial charge in [-0.25, -0.2) is 0 Å². The second kappa shape index (κ2) is 6.70. The first kappa shape index (κ1) is 12.3. The van der Waals surface area contributed by atoms with Gasteiger partial charge < -0.3 is 10.6 Å². The van der Waals surface area contributed by atoms with E-state index in [0.717, 1.165) is 19.5 Å². The average molecular weight is 227 g/mol. The Morgan fingerprint density at radius 3 is 2.40 bits per heavy atom. The molecule has 0 bridgehead atoms. The minimum atomic E-state index is 0.665. The van der Waals surface area contributed by atoms with Gasteiger partial charge in [0.2, 0.25) is 0 Å². The van der Waals surface area contributed by atoms with E-state index in [9.17, 15) is 0 Å². The Bertz CT molecular complexity index is 271. The Morgan fingerprint density at radius 1 is 1.27 bits per heavy atom. The third kappa shape index (κ3) is 3.73. The van der Waals surface area contributed by atoms with E-state index < -0.39 is 0 Å². The van der Waals surface area contributed by atoms with Crippen molar-refractivity contribution in [1.29, 1.82) is 0 Å². The number of rotatable bonds is 6. The van der Waals surface area contributed by atoms with Crippen molar-refractivity contribution in [3.05, 3.63) is 29.8 Å². The minimum absolute atomic E-state index is 0.665. The van der Waals surface area contributed by atoms with Crippen molar-refractivity contribution in [2.75, 3.05) is 30.4 Å². The third-order valence-electron chi connectivity index (χ3n) is 2.47. The van der Waals surface area contributed by atoms with Crippen molar-refractivity contribution < 1.29 is 0 Å². The maximum absolute atomic E-state index is 5.75. The molecule has 0 atom stereocenters. The van der Waals surface area contributed by atoms with Gasteiger partial charge in [0.25, 0.3) is 0 Å². The summed E-state index contributed by atoms with van der Waals surface area (Å²) in [5.74, 6) is 0.665. The number of hydrogen-bond donors (Lipinski definition) is 1. The zero-order valence-electron chi connectivity index (χ0n) is 9.25. The molecule has 0 amide bonds. The highest BCUT2D eigenvalue weighted by molar-refractivity contribution is 6.18. The molecule has 0 heterocycles. The van der Waals surface area contributed by atoms with Gasteiger partial charge in [0.15, 0.2) is 0 Å². The second-order valence-corrected chi connectivity index (χ2v) is 3.85. The lowest BCUT2D eigenvalue weighted by Gasteiger charge is -2.22. The summed E-state index contributed by atoms with van der Waals surface area (Å²) in [7, 11) is 0. The van der Waals surface area contributed by atoms with Crippen LogP contribution in [0.25, 0.3) is 0 Å². The van der Waals surface area contributed by atoms with E-state index in [1.165, 1.54) is 11.3 Å². The molecule has 15 heavy (non-hydrogen) atoms. The standard InChI is InChI=1S/C12H19ClN2/c1-2-15(10-8-13)12-5-3-11(4-6-12)7-9-14/h3-6H,2,7-10,14H2,1H3. The zero-order chi connectivity index (χ0) is 11.1. The van der Waals surface area contributed by atoms with Gasteiger partial charge in [-0.3, -0.25) is 0 Å². The van der Waals surface area contributed by atoms with Gasteiger partial charge >= 0.3 is 0 Å². The number of nitrogens with two attached hydrogens (primary N) is 1. The maximum atomic E-state index is 5.75. The summed E-state index contributed by atoms with van der Waals surface area (Å²) in [6, 6.07) is 8.56. The molecule has 0 radical (unpaired) electrons. The van der Waals surface area contributed by atoms with Gasteiger partial charge in [0, 0.05) is 24.7 Å². The van der Waals surface area contributed by atoms with Crippen LogP contribution in [-0.2, 0) is 6.42 Å². The number of anilines is 1. The lowest BCUT2D eigenvalue weighted by atomic mass is 10.1. The molecule has 0 spiro atoms. The van der Waals surface area contributed by atoms with Crippen LogP contribution in [0.4, 0.5) is 5.69 Å². The van der Waals surface area contributed by atoms with E-state index in [4.69, 9.17) is 17.3 Å². The fourth-order valence-electron chi connectivity index (χ4n) is 1.61. The van der Waals surface area contributed by atoms with Crippen molar-refractivity contribution in [2.24, 2.45) is 5.73 Å². The van der Waals surface area contributed by atoms with Gasteiger partial charge in [0.05, 0.1) is 0 Å². The summed E-state index contributed by atoms with van der Waals surface area (Å²) in [5.41, 5.74) is 8.03. The quantitative estimate of drug-likeness (QED) is 0.754. The van der Waals surface area contributed by atoms with Crippen LogP contribution in [0.3, 0.4) is 0 Å². The predicted octanol–water partition coefficient (Wildman–Crippen LogP) is 2.25. The Kier molecular flexibility index (Phi) is 5.51. The Balaban J connectivity index is 2.68. The molecule has 2 N–H and O–H groups in total. The topological polar surface area (TPSA) is 29.3 Å². The van der Waals surface area contributed by atoms with Gasteiger partial charge in [0.1, 0.15) is 0 Å². The fraction of sp³-hybridized carbons (Fsp3) is 0.500. The smallest absolute Gasteiger partial charge is 0.0399 e. The normalized spacial score (nSPS) is 10.3. The van der Waals surface area contributed by atoms with E-state index in [2.05, 4.69) is 36.1 Å². The molecule has 3 heteroatoms. The molecule has 1 rings (SSSR count). The van der Waals surface area contributed by atoms with Crippen LogP contribution in [0, 0.1) is 0 Å². The fourth-order valence-corrected chi connectivity index (χ4v) is 1.82. The summed E-state index contributed by atoms with van der Waals surface area (Å²) >= 11 is 5.75. The maximum Gasteiger partial charge on any atom is 0.0399 e. The summed E-state index contributed by atoms with van der Waals surface area (Å²) in [6.07, 6.45) is 0.946. The highest BCUT2D eigenvalue weighted by atomic mass is 35.5. The van der Waals surface area contributed by atoms with Gasteiger partial charge in [-0.1, -0.05) is 12.1 Å². The first-order valence-corrected chi connectivity index (χ1v) is 5.95. The van der Waals surface area contributed by atoms with E-state index in [1.54, 1.807) is 0 Å². The van der Waals surface area contributed by atoms with Crippen LogP contribution in [0.5, 0.6) is 0 Å². The lowest BCUT2D eigenvalue weighted by molar-refractivity contribution is 0.868. The number of alkyl halides is 1. The Morgan fingerprint density at radius 2 is 1.93 bits per heavy atom. The van der Waals surface area contributed by atoms with Crippen LogP contribution in [-0.4, -0.2) is 25.5 Å². The van der Waals surface area contributed by atoms with Crippen LogP contribution in [0.1, 0.15) is 12.5 Å². The summed E-state index contributed by atoms with van der Waals surface area (Å²) in [5, 5.41) is 0. The molecule has 0 unspecified atom stereocenters. The largest absolute Gasteiger partial charge is 0.371 e. The van der Waals surface area contributed by atoms with Gasteiger partial charge in [-0.15, -0.1) is 11.6 Å². The van der Waals surface area contributed by atoms with Crippen molar-refractivity contribution in [2.45, 2.75) is 13.3 Å². The summed E-state index contributed by atoms with van der Waals surface area (Å²) < 4.78 is 0. The Labute approximate surface area is 97.0 Å². The molecule has 0 aromatic heterocycles. The molecule has 0 saturated carbocycles. The predicted molar refractivity (Wildman–Crippen MR) is 67.8 cm³/mol. The third-order valence-corrected chi connectivity index (χ3v) is 2.64. The molecule has 0 aliphatic carbocycles. The van der Waals surface area contributed by atoms with Gasteiger partial charge in [-0.2, -0.15) is 0 Å². The van der Waals surface area contributed by atoms with Crippen LogP contribution in [0.15, 0.2) is 24.3 Å². The van der Waals surface area contributed by atoms with Crippen molar-refractivity contribution in [1.82, 2.24) is 0 Å². The number of hydrogen-bond acceptors (Lipinski definition) is 2. The molecule has 1 aromatic rings. The highest BCUT2D eigenvalue weighted by Crippen LogP contribution is 2.15. The molecule has 84 valence electrons. The SMILES string of the molecule is CCN(CCCl)c1ccc(CCN)cc1. The molecule has 1 aromatic carbocycles. The van der Waals surface area contributed by atoms with Crippen molar-refractivity contribution in [3.63, 3.8) is 0 Å². The monoisotopic (exact) mass is 226 g/mol. The second-order valence-electron chi connectivity index (χ2n) is 3.47. The molecule has 2 nitrogen and oxygen atoms in total. The lowest BCUT2D eigenvalue weighted by Crippen LogP contribution is -2.24. The van der Waals surface area contributed by atoms with Crippen LogP contribution >= 0.6 is 11.6 Å². The van der Waals surface area contributed by atoms with E-state index in [-0.39, 0.29) is 0 Å². The first-order chi connectivity index (χ1) is 7.31. The zero-order valence-corrected chi connectivity index (χ0v) is 10.0. The van der Waals surface area contributed by atoms with E-state index in [0.29, 0.717) is 12.4 Å². The molecule has 0 saturated heterocycles. The van der Waals surface area contributed by atoms with Crippen LogP contribution in [0.2, 0.25) is 0 Å². The van der Waals surface area contributed by atoms with E-state index in [1.807, 2.05) is 0 Å². The highest BCUT2D eigenvalue weighted by Gasteiger charge is 2.02. The average Bonchev–Trinajstić information content (AvgIpc) is 2.28. The molecule has 0 aliphatic heterocycles. The summed E-state index contributed by atoms with van der Waals surface area (Å²) in [4.78, 5) is 2.26. The molecule has 0 aliphatic rings. The molecule has 0 fully saturated rings.